The Bertz CT molecular complexity index is 784. The van der Waals surface area contributed by atoms with Gasteiger partial charge in [-0.3, -0.25) is 9.78 Å². The van der Waals surface area contributed by atoms with E-state index in [1.807, 2.05) is 62.5 Å². The molecule has 1 aliphatic carbocycles. The van der Waals surface area contributed by atoms with E-state index in [2.05, 4.69) is 16.0 Å². The van der Waals surface area contributed by atoms with Crippen molar-refractivity contribution in [1.82, 2.24) is 9.88 Å². The van der Waals surface area contributed by atoms with Gasteiger partial charge in [0.25, 0.3) is 5.91 Å². The fourth-order valence-corrected chi connectivity index (χ4v) is 4.20. The normalized spacial score (nSPS) is 18.9. The number of rotatable bonds is 3. The van der Waals surface area contributed by atoms with Crippen molar-refractivity contribution >= 4 is 11.6 Å². The predicted molar refractivity (Wildman–Crippen MR) is 115 cm³/mol. The molecule has 2 N–H and O–H groups in total. The van der Waals surface area contributed by atoms with Gasteiger partial charge >= 0.3 is 0 Å². The number of piperidine rings is 1. The Labute approximate surface area is 168 Å². The third-order valence-corrected chi connectivity index (χ3v) is 5.88. The van der Waals surface area contributed by atoms with E-state index in [0.29, 0.717) is 0 Å². The number of carbonyl (C=O) groups is 1. The number of pyridine rings is 1. The van der Waals surface area contributed by atoms with Crippen LogP contribution in [-0.2, 0) is 6.42 Å². The quantitative estimate of drug-likeness (QED) is 0.880. The summed E-state index contributed by atoms with van der Waals surface area (Å²) in [7, 11) is 1.93. The zero-order chi connectivity index (χ0) is 20.1. The largest absolute Gasteiger partial charge is 0.371 e. The zero-order valence-corrected chi connectivity index (χ0v) is 17.3. The molecule has 1 aliphatic heterocycles. The molecule has 0 bridgehead atoms. The van der Waals surface area contributed by atoms with Crippen LogP contribution >= 0.6 is 0 Å². The summed E-state index contributed by atoms with van der Waals surface area (Å²) in [6.45, 7) is 5.92. The third kappa shape index (κ3) is 4.20. The number of aryl methyl sites for hydroxylation is 1. The first-order valence-electron chi connectivity index (χ1n) is 10.4. The summed E-state index contributed by atoms with van der Waals surface area (Å²) in [5, 5.41) is 0. The van der Waals surface area contributed by atoms with Gasteiger partial charge in [-0.2, -0.15) is 0 Å². The number of anilines is 1. The van der Waals surface area contributed by atoms with Gasteiger partial charge in [-0.05, 0) is 61.1 Å². The summed E-state index contributed by atoms with van der Waals surface area (Å²) in [5.41, 5.74) is 10.6. The fraction of sp³-hybridized carbons (Fsp3) is 0.478. The molecule has 2 heterocycles. The van der Waals surface area contributed by atoms with Crippen LogP contribution in [0.3, 0.4) is 0 Å². The van der Waals surface area contributed by atoms with Crippen LogP contribution in [-0.4, -0.2) is 42.0 Å². The third-order valence-electron chi connectivity index (χ3n) is 5.88. The Balaban J connectivity index is 0.00000109. The van der Waals surface area contributed by atoms with Crippen molar-refractivity contribution in [3.63, 3.8) is 0 Å². The smallest absolute Gasteiger partial charge is 0.253 e. The highest BCUT2D eigenvalue weighted by molar-refractivity contribution is 5.94. The lowest BCUT2D eigenvalue weighted by molar-refractivity contribution is 0.0709. The molecule has 1 fully saturated rings. The van der Waals surface area contributed by atoms with Crippen molar-refractivity contribution < 1.29 is 4.79 Å². The second-order valence-electron chi connectivity index (χ2n) is 7.40. The minimum Gasteiger partial charge on any atom is -0.371 e. The van der Waals surface area contributed by atoms with E-state index in [-0.39, 0.29) is 18.0 Å². The fourth-order valence-electron chi connectivity index (χ4n) is 4.20. The van der Waals surface area contributed by atoms with Crippen LogP contribution in [0.5, 0.6) is 0 Å². The molecule has 0 saturated carbocycles. The standard InChI is InChI=1S/C21H26N4O.C2H6/c1-24(17-8-12-25(13-9-17)18-6-10-23-11-7-18)21(26)16-3-2-15-4-5-20(22)19(15)14-16;1-2/h2-3,6-7,10-11,14,17,20H,4-5,8-9,12-13,22H2,1H3;1-2H3. The average molecular weight is 381 g/mol. The molecule has 1 aromatic heterocycles. The molecule has 1 aromatic carbocycles. The second-order valence-corrected chi connectivity index (χ2v) is 7.40. The molecule has 1 amide bonds. The van der Waals surface area contributed by atoms with Crippen LogP contribution in [0.2, 0.25) is 0 Å². The monoisotopic (exact) mass is 380 g/mol. The molecule has 1 atom stereocenters. The number of fused-ring (bicyclic) bond motifs is 1. The Kier molecular flexibility index (Phi) is 6.68. The van der Waals surface area contributed by atoms with Gasteiger partial charge in [0, 0.05) is 55.9 Å². The summed E-state index contributed by atoms with van der Waals surface area (Å²) >= 11 is 0. The lowest BCUT2D eigenvalue weighted by atomic mass is 10.0. The van der Waals surface area contributed by atoms with Gasteiger partial charge in [-0.15, -0.1) is 0 Å². The van der Waals surface area contributed by atoms with Crippen LogP contribution in [0, 0.1) is 0 Å². The van der Waals surface area contributed by atoms with Gasteiger partial charge in [-0.1, -0.05) is 19.9 Å². The predicted octanol–water partition coefficient (Wildman–Crippen LogP) is 3.79. The minimum atomic E-state index is 0.0756. The molecule has 1 saturated heterocycles. The topological polar surface area (TPSA) is 62.5 Å². The van der Waals surface area contributed by atoms with Crippen molar-refractivity contribution in [2.75, 3.05) is 25.0 Å². The maximum atomic E-state index is 13.0. The van der Waals surface area contributed by atoms with Crippen molar-refractivity contribution in [2.24, 2.45) is 5.73 Å². The molecule has 28 heavy (non-hydrogen) atoms. The molecule has 2 aliphatic rings. The molecular formula is C23H32N4O. The van der Waals surface area contributed by atoms with Gasteiger partial charge in [0.15, 0.2) is 0 Å². The van der Waals surface area contributed by atoms with Crippen molar-refractivity contribution in [3.8, 4) is 0 Å². The van der Waals surface area contributed by atoms with Crippen LogP contribution in [0.25, 0.3) is 0 Å². The molecule has 1 unspecified atom stereocenters. The Morgan fingerprint density at radius 3 is 2.46 bits per heavy atom. The second kappa shape index (κ2) is 9.20. The van der Waals surface area contributed by atoms with Gasteiger partial charge in [0.1, 0.15) is 0 Å². The molecule has 5 nitrogen and oxygen atoms in total. The number of amides is 1. The number of benzene rings is 1. The zero-order valence-electron chi connectivity index (χ0n) is 17.3. The summed E-state index contributed by atoms with van der Waals surface area (Å²) in [5.74, 6) is 0.106. The van der Waals surface area contributed by atoms with Crippen molar-refractivity contribution in [2.45, 2.75) is 51.6 Å². The van der Waals surface area contributed by atoms with E-state index in [1.165, 1.54) is 11.3 Å². The Hall–Kier alpha value is -2.40. The average Bonchev–Trinajstić information content (AvgIpc) is 3.15. The Morgan fingerprint density at radius 2 is 1.79 bits per heavy atom. The molecule has 4 rings (SSSR count). The summed E-state index contributed by atoms with van der Waals surface area (Å²) in [6, 6.07) is 10.5. The van der Waals surface area contributed by atoms with E-state index in [0.717, 1.165) is 49.9 Å². The molecule has 0 spiro atoms. The lowest BCUT2D eigenvalue weighted by Crippen LogP contribution is -2.45. The SMILES string of the molecule is CC.CN(C(=O)c1ccc2c(c1)C(N)CC2)C1CCN(c2ccncc2)CC1. The number of aromatic nitrogens is 1. The number of carbonyl (C=O) groups excluding carboxylic acids is 1. The molecule has 0 radical (unpaired) electrons. The minimum absolute atomic E-state index is 0.0756. The van der Waals surface area contributed by atoms with E-state index >= 15 is 0 Å². The number of nitrogens with two attached hydrogens (primary N) is 1. The van der Waals surface area contributed by atoms with E-state index < -0.39 is 0 Å². The summed E-state index contributed by atoms with van der Waals surface area (Å²) in [6.07, 6.45) is 7.62. The molecule has 150 valence electrons. The van der Waals surface area contributed by atoms with Gasteiger partial charge in [0.2, 0.25) is 0 Å². The number of hydrogen-bond acceptors (Lipinski definition) is 4. The van der Waals surface area contributed by atoms with Gasteiger partial charge < -0.3 is 15.5 Å². The van der Waals surface area contributed by atoms with E-state index in [1.54, 1.807) is 0 Å². The molecule has 2 aromatic rings. The van der Waals surface area contributed by atoms with Gasteiger partial charge in [-0.25, -0.2) is 0 Å². The van der Waals surface area contributed by atoms with Crippen molar-refractivity contribution in [1.29, 1.82) is 0 Å². The van der Waals surface area contributed by atoms with Crippen LogP contribution in [0.1, 0.15) is 60.6 Å². The van der Waals surface area contributed by atoms with E-state index in [4.69, 9.17) is 5.73 Å². The Morgan fingerprint density at radius 1 is 1.11 bits per heavy atom. The van der Waals surface area contributed by atoms with Crippen LogP contribution in [0.4, 0.5) is 5.69 Å². The maximum absolute atomic E-state index is 13.0. The number of nitrogens with zero attached hydrogens (tertiary/aromatic N) is 3. The lowest BCUT2D eigenvalue weighted by Gasteiger charge is -2.38. The molecular weight excluding hydrogens is 348 g/mol. The molecule has 5 heteroatoms. The first-order chi connectivity index (χ1) is 13.6. The first-order valence-corrected chi connectivity index (χ1v) is 10.4. The summed E-state index contributed by atoms with van der Waals surface area (Å²) in [4.78, 5) is 21.3. The first kappa shape index (κ1) is 20.3. The van der Waals surface area contributed by atoms with Crippen LogP contribution in [0.15, 0.2) is 42.7 Å². The number of hydrogen-bond donors (Lipinski definition) is 1. The highest BCUT2D eigenvalue weighted by atomic mass is 16.2. The highest BCUT2D eigenvalue weighted by Crippen LogP contribution is 2.30. The maximum Gasteiger partial charge on any atom is 0.253 e. The van der Waals surface area contributed by atoms with Gasteiger partial charge in [0.05, 0.1) is 0 Å². The van der Waals surface area contributed by atoms with Crippen molar-refractivity contribution in [3.05, 3.63) is 59.4 Å². The highest BCUT2D eigenvalue weighted by Gasteiger charge is 2.27. The van der Waals surface area contributed by atoms with E-state index in [9.17, 15) is 4.79 Å². The summed E-state index contributed by atoms with van der Waals surface area (Å²) < 4.78 is 0. The van der Waals surface area contributed by atoms with Crippen LogP contribution < -0.4 is 10.6 Å².